The second kappa shape index (κ2) is 4.61. The van der Waals surface area contributed by atoms with Gasteiger partial charge in [0.15, 0.2) is 0 Å². The molecular weight excluding hydrogens is 244 g/mol. The highest BCUT2D eigenvalue weighted by Gasteiger charge is 2.14. The molecule has 1 aliphatic rings. The lowest BCUT2D eigenvalue weighted by molar-refractivity contribution is 0.357. The molecule has 4 heteroatoms. The normalized spacial score (nSPS) is 15.0. The van der Waals surface area contributed by atoms with Crippen molar-refractivity contribution in [3.63, 3.8) is 0 Å². The molecule has 1 aliphatic heterocycles. The fourth-order valence-corrected chi connectivity index (χ4v) is 3.13. The summed E-state index contributed by atoms with van der Waals surface area (Å²) in [6, 6.07) is 6.61. The van der Waals surface area contributed by atoms with E-state index in [2.05, 4.69) is 42.3 Å². The SMILES string of the molecule is Cc1ncsc1C(C)Nc1ccc2c(c1)CCO2. The standard InChI is InChI=1S/C14H16N2OS/c1-9-14(18-8-15-9)10(2)16-12-3-4-13-11(7-12)5-6-17-13/h3-4,7-8,10,16H,5-6H2,1-2H3. The van der Waals surface area contributed by atoms with Crippen LogP contribution in [0.2, 0.25) is 0 Å². The number of benzene rings is 1. The maximum atomic E-state index is 5.51. The molecule has 0 amide bonds. The summed E-state index contributed by atoms with van der Waals surface area (Å²) in [4.78, 5) is 5.59. The fourth-order valence-electron chi connectivity index (χ4n) is 2.32. The molecule has 1 atom stereocenters. The van der Waals surface area contributed by atoms with Crippen molar-refractivity contribution in [1.29, 1.82) is 0 Å². The van der Waals surface area contributed by atoms with E-state index in [0.717, 1.165) is 30.2 Å². The Hall–Kier alpha value is -1.55. The molecule has 2 aromatic rings. The maximum absolute atomic E-state index is 5.51. The molecule has 0 saturated carbocycles. The summed E-state index contributed by atoms with van der Waals surface area (Å²) in [6.07, 6.45) is 1.01. The van der Waals surface area contributed by atoms with Crippen LogP contribution in [0.5, 0.6) is 5.75 Å². The van der Waals surface area contributed by atoms with Gasteiger partial charge in [-0.1, -0.05) is 0 Å². The first kappa shape index (κ1) is 11.5. The predicted octanol–water partition coefficient (Wildman–Crippen LogP) is 3.56. The Morgan fingerprint density at radius 2 is 2.33 bits per heavy atom. The van der Waals surface area contributed by atoms with Crippen molar-refractivity contribution < 1.29 is 4.74 Å². The van der Waals surface area contributed by atoms with Gasteiger partial charge in [0.05, 0.1) is 23.9 Å². The lowest BCUT2D eigenvalue weighted by atomic mass is 10.1. The number of nitrogens with one attached hydrogen (secondary N) is 1. The quantitative estimate of drug-likeness (QED) is 0.916. The first-order valence-corrected chi connectivity index (χ1v) is 7.04. The number of fused-ring (bicyclic) bond motifs is 1. The van der Waals surface area contributed by atoms with Crippen LogP contribution in [0.3, 0.4) is 0 Å². The number of thiazole rings is 1. The number of anilines is 1. The number of aryl methyl sites for hydroxylation is 1. The Kier molecular flexibility index (Phi) is 2.96. The Balaban J connectivity index is 1.79. The first-order valence-electron chi connectivity index (χ1n) is 6.16. The maximum Gasteiger partial charge on any atom is 0.122 e. The summed E-state index contributed by atoms with van der Waals surface area (Å²) < 4.78 is 5.51. The molecule has 0 aliphatic carbocycles. The monoisotopic (exact) mass is 260 g/mol. The topological polar surface area (TPSA) is 34.2 Å². The van der Waals surface area contributed by atoms with Crippen molar-refractivity contribution in [2.75, 3.05) is 11.9 Å². The van der Waals surface area contributed by atoms with Gasteiger partial charge in [-0.05, 0) is 37.6 Å². The second-order valence-corrected chi connectivity index (χ2v) is 5.48. The molecule has 0 saturated heterocycles. The molecule has 94 valence electrons. The average molecular weight is 260 g/mol. The van der Waals surface area contributed by atoms with Crippen LogP contribution >= 0.6 is 11.3 Å². The number of ether oxygens (including phenoxy) is 1. The van der Waals surface area contributed by atoms with Crippen LogP contribution in [-0.4, -0.2) is 11.6 Å². The summed E-state index contributed by atoms with van der Waals surface area (Å²) in [5.74, 6) is 1.03. The number of nitrogens with zero attached hydrogens (tertiary/aromatic N) is 1. The van der Waals surface area contributed by atoms with Gasteiger partial charge in [0, 0.05) is 17.0 Å². The number of hydrogen-bond acceptors (Lipinski definition) is 4. The molecule has 1 unspecified atom stereocenters. The fraction of sp³-hybridized carbons (Fsp3) is 0.357. The number of hydrogen-bond donors (Lipinski definition) is 1. The van der Waals surface area contributed by atoms with Crippen molar-refractivity contribution in [3.8, 4) is 5.75 Å². The van der Waals surface area contributed by atoms with E-state index in [0.29, 0.717) is 0 Å². The Morgan fingerprint density at radius 3 is 3.11 bits per heavy atom. The highest BCUT2D eigenvalue weighted by atomic mass is 32.1. The van der Waals surface area contributed by atoms with Crippen LogP contribution in [0.4, 0.5) is 5.69 Å². The summed E-state index contributed by atoms with van der Waals surface area (Å²) in [6.45, 7) is 5.03. The molecule has 3 rings (SSSR count). The Bertz CT molecular complexity index is 565. The minimum atomic E-state index is 0.290. The first-order chi connectivity index (χ1) is 8.74. The van der Waals surface area contributed by atoms with Crippen molar-refractivity contribution in [1.82, 2.24) is 4.98 Å². The van der Waals surface area contributed by atoms with Crippen LogP contribution < -0.4 is 10.1 Å². The van der Waals surface area contributed by atoms with Gasteiger partial charge in [-0.3, -0.25) is 0 Å². The summed E-state index contributed by atoms with van der Waals surface area (Å²) in [7, 11) is 0. The molecule has 18 heavy (non-hydrogen) atoms. The van der Waals surface area contributed by atoms with E-state index >= 15 is 0 Å². The second-order valence-electron chi connectivity index (χ2n) is 4.59. The van der Waals surface area contributed by atoms with E-state index in [1.54, 1.807) is 11.3 Å². The highest BCUT2D eigenvalue weighted by molar-refractivity contribution is 7.09. The van der Waals surface area contributed by atoms with Gasteiger partial charge in [-0.2, -0.15) is 0 Å². The molecule has 0 bridgehead atoms. The predicted molar refractivity (Wildman–Crippen MR) is 74.5 cm³/mol. The minimum absolute atomic E-state index is 0.290. The van der Waals surface area contributed by atoms with E-state index in [9.17, 15) is 0 Å². The zero-order chi connectivity index (χ0) is 12.5. The van der Waals surface area contributed by atoms with Crippen LogP contribution in [0.15, 0.2) is 23.7 Å². The molecule has 1 aromatic heterocycles. The molecular formula is C14H16N2OS. The molecule has 3 nitrogen and oxygen atoms in total. The van der Waals surface area contributed by atoms with E-state index in [-0.39, 0.29) is 6.04 Å². The van der Waals surface area contributed by atoms with Crippen LogP contribution in [0.1, 0.15) is 29.1 Å². The van der Waals surface area contributed by atoms with E-state index < -0.39 is 0 Å². The lowest BCUT2D eigenvalue weighted by Crippen LogP contribution is -2.06. The summed E-state index contributed by atoms with van der Waals surface area (Å²) >= 11 is 1.70. The average Bonchev–Trinajstić information content (AvgIpc) is 2.96. The molecule has 1 N–H and O–H groups in total. The number of aromatic nitrogens is 1. The summed E-state index contributed by atoms with van der Waals surface area (Å²) in [5, 5.41) is 3.53. The Labute approximate surface area is 111 Å². The van der Waals surface area contributed by atoms with Gasteiger partial charge in [0.2, 0.25) is 0 Å². The van der Waals surface area contributed by atoms with Crippen LogP contribution in [-0.2, 0) is 6.42 Å². The lowest BCUT2D eigenvalue weighted by Gasteiger charge is -2.15. The van der Waals surface area contributed by atoms with Gasteiger partial charge in [0.25, 0.3) is 0 Å². The van der Waals surface area contributed by atoms with Gasteiger partial charge in [0.1, 0.15) is 5.75 Å². The van der Waals surface area contributed by atoms with Crippen molar-refractivity contribution in [3.05, 3.63) is 39.8 Å². The molecule has 0 fully saturated rings. The largest absolute Gasteiger partial charge is 0.493 e. The number of rotatable bonds is 3. The molecule has 0 radical (unpaired) electrons. The van der Waals surface area contributed by atoms with Crippen molar-refractivity contribution >= 4 is 17.0 Å². The smallest absolute Gasteiger partial charge is 0.122 e. The zero-order valence-electron chi connectivity index (χ0n) is 10.6. The summed E-state index contributed by atoms with van der Waals surface area (Å²) in [5.41, 5.74) is 5.47. The zero-order valence-corrected chi connectivity index (χ0v) is 11.4. The molecule has 2 heterocycles. The van der Waals surface area contributed by atoms with Crippen LogP contribution in [0, 0.1) is 6.92 Å². The minimum Gasteiger partial charge on any atom is -0.493 e. The Morgan fingerprint density at radius 1 is 1.44 bits per heavy atom. The van der Waals surface area contributed by atoms with Gasteiger partial charge < -0.3 is 10.1 Å². The third-order valence-electron chi connectivity index (χ3n) is 3.25. The van der Waals surface area contributed by atoms with Crippen molar-refractivity contribution in [2.45, 2.75) is 26.3 Å². The third kappa shape index (κ3) is 2.08. The van der Waals surface area contributed by atoms with E-state index in [1.165, 1.54) is 10.4 Å². The molecule has 0 spiro atoms. The third-order valence-corrected chi connectivity index (χ3v) is 4.36. The molecule has 1 aromatic carbocycles. The van der Waals surface area contributed by atoms with Gasteiger partial charge in [-0.15, -0.1) is 11.3 Å². The van der Waals surface area contributed by atoms with Gasteiger partial charge in [-0.25, -0.2) is 4.98 Å². The van der Waals surface area contributed by atoms with Crippen LogP contribution in [0.25, 0.3) is 0 Å². The highest BCUT2D eigenvalue weighted by Crippen LogP contribution is 2.30. The van der Waals surface area contributed by atoms with Gasteiger partial charge >= 0.3 is 0 Å². The van der Waals surface area contributed by atoms with E-state index in [4.69, 9.17) is 4.74 Å². The van der Waals surface area contributed by atoms with E-state index in [1.807, 2.05) is 5.51 Å². The van der Waals surface area contributed by atoms with Crippen molar-refractivity contribution in [2.24, 2.45) is 0 Å².